The summed E-state index contributed by atoms with van der Waals surface area (Å²) in [7, 11) is 0. The van der Waals surface area contributed by atoms with Crippen molar-refractivity contribution in [1.82, 2.24) is 14.9 Å². The lowest BCUT2D eigenvalue weighted by Crippen LogP contribution is -2.27. The van der Waals surface area contributed by atoms with Crippen molar-refractivity contribution < 1.29 is 4.79 Å². The number of carbonyl (C=O) groups is 1. The van der Waals surface area contributed by atoms with Crippen molar-refractivity contribution in [3.8, 4) is 0 Å². The van der Waals surface area contributed by atoms with Crippen molar-refractivity contribution in [2.45, 2.75) is 13.0 Å². The van der Waals surface area contributed by atoms with Gasteiger partial charge in [0.2, 0.25) is 0 Å². The highest BCUT2D eigenvalue weighted by Gasteiger charge is 2.26. The van der Waals surface area contributed by atoms with Gasteiger partial charge in [0.15, 0.2) is 0 Å². The second-order valence-electron chi connectivity index (χ2n) is 4.31. The van der Waals surface area contributed by atoms with Gasteiger partial charge in [-0.05, 0) is 44.0 Å². The number of hydrogen-bond donors (Lipinski definition) is 1. The molecule has 0 unspecified atom stereocenters. The van der Waals surface area contributed by atoms with Gasteiger partial charge in [-0.3, -0.25) is 14.3 Å². The molecule has 0 aromatic carbocycles. The molecule has 1 N–H and O–H groups in total. The van der Waals surface area contributed by atoms with E-state index in [1.54, 1.807) is 22.9 Å². The summed E-state index contributed by atoms with van der Waals surface area (Å²) in [5.74, 6) is -0.101. The van der Waals surface area contributed by atoms with Gasteiger partial charge < -0.3 is 5.32 Å². The van der Waals surface area contributed by atoms with Crippen LogP contribution in [0.1, 0.15) is 21.7 Å². The Morgan fingerprint density at radius 2 is 2.21 bits per heavy atom. The van der Waals surface area contributed by atoms with E-state index in [1.807, 2.05) is 6.07 Å². The number of hydrogen-bond acceptors (Lipinski definition) is 3. The molecular weight excluding hydrogens is 374 g/mol. The van der Waals surface area contributed by atoms with Crippen LogP contribution in [-0.4, -0.2) is 22.0 Å². The Hall–Kier alpha value is -0.980. The molecule has 0 fully saturated rings. The van der Waals surface area contributed by atoms with Crippen molar-refractivity contribution >= 4 is 37.8 Å². The SMILES string of the molecule is O=C(c1ccccn1)n1c(Br)c(Br)c2c1CCNC2. The Bertz CT molecular complexity index is 637. The van der Waals surface area contributed by atoms with Crippen molar-refractivity contribution in [1.29, 1.82) is 0 Å². The molecule has 0 radical (unpaired) electrons. The van der Waals surface area contributed by atoms with Gasteiger partial charge >= 0.3 is 0 Å². The molecule has 6 heteroatoms. The second-order valence-corrected chi connectivity index (χ2v) is 5.86. The molecule has 0 bridgehead atoms. The van der Waals surface area contributed by atoms with Crippen molar-refractivity contribution in [2.24, 2.45) is 0 Å². The number of pyridine rings is 1. The van der Waals surface area contributed by atoms with Crippen LogP contribution < -0.4 is 5.32 Å². The van der Waals surface area contributed by atoms with Crippen LogP contribution in [0.15, 0.2) is 33.5 Å². The highest BCUT2D eigenvalue weighted by molar-refractivity contribution is 9.13. The number of nitrogens with zero attached hydrogens (tertiary/aromatic N) is 2. The standard InChI is InChI=1S/C13H11Br2N3O/c14-11-8-7-16-6-4-10(8)18(12(11)15)13(19)9-3-1-2-5-17-9/h1-3,5,16H,4,6-7H2. The Morgan fingerprint density at radius 3 is 2.95 bits per heavy atom. The molecule has 0 aliphatic carbocycles. The minimum Gasteiger partial charge on any atom is -0.312 e. The van der Waals surface area contributed by atoms with Crippen molar-refractivity contribution in [3.05, 3.63) is 50.4 Å². The monoisotopic (exact) mass is 383 g/mol. The number of aromatic nitrogens is 2. The number of fused-ring (bicyclic) bond motifs is 1. The molecule has 0 spiro atoms. The minimum atomic E-state index is -0.101. The number of rotatable bonds is 1. The third-order valence-electron chi connectivity index (χ3n) is 3.19. The van der Waals surface area contributed by atoms with E-state index >= 15 is 0 Å². The maximum Gasteiger partial charge on any atom is 0.281 e. The molecule has 0 atom stereocenters. The van der Waals surface area contributed by atoms with Gasteiger partial charge in [0.05, 0.1) is 4.47 Å². The van der Waals surface area contributed by atoms with Gasteiger partial charge in [-0.25, -0.2) is 0 Å². The van der Waals surface area contributed by atoms with E-state index in [2.05, 4.69) is 42.2 Å². The zero-order valence-electron chi connectivity index (χ0n) is 9.99. The third kappa shape index (κ3) is 2.17. The first-order valence-electron chi connectivity index (χ1n) is 5.94. The summed E-state index contributed by atoms with van der Waals surface area (Å²) in [5, 5.41) is 3.31. The van der Waals surface area contributed by atoms with Crippen LogP contribution in [0.4, 0.5) is 0 Å². The molecule has 0 amide bonds. The lowest BCUT2D eigenvalue weighted by molar-refractivity contribution is 0.0949. The minimum absolute atomic E-state index is 0.101. The normalized spacial score (nSPS) is 14.2. The summed E-state index contributed by atoms with van der Waals surface area (Å²) >= 11 is 7.05. The molecule has 19 heavy (non-hydrogen) atoms. The fourth-order valence-corrected chi connectivity index (χ4v) is 3.44. The number of carbonyl (C=O) groups excluding carboxylic acids is 1. The first-order chi connectivity index (χ1) is 9.20. The predicted molar refractivity (Wildman–Crippen MR) is 79.2 cm³/mol. The van der Waals surface area contributed by atoms with E-state index in [1.165, 1.54) is 0 Å². The van der Waals surface area contributed by atoms with Gasteiger partial charge in [-0.1, -0.05) is 6.07 Å². The van der Waals surface area contributed by atoms with E-state index in [4.69, 9.17) is 0 Å². The van der Waals surface area contributed by atoms with Crippen LogP contribution in [0.2, 0.25) is 0 Å². The molecule has 0 saturated carbocycles. The van der Waals surface area contributed by atoms with Crippen LogP contribution in [0.3, 0.4) is 0 Å². The van der Waals surface area contributed by atoms with Crippen LogP contribution in [-0.2, 0) is 13.0 Å². The fourth-order valence-electron chi connectivity index (χ4n) is 2.28. The van der Waals surface area contributed by atoms with Gasteiger partial charge in [0.1, 0.15) is 10.3 Å². The third-order valence-corrected chi connectivity index (χ3v) is 5.33. The van der Waals surface area contributed by atoms with E-state index in [9.17, 15) is 4.79 Å². The van der Waals surface area contributed by atoms with Crippen LogP contribution in [0, 0.1) is 0 Å². The van der Waals surface area contributed by atoms with E-state index in [-0.39, 0.29) is 5.91 Å². The summed E-state index contributed by atoms with van der Waals surface area (Å²) in [6, 6.07) is 5.35. The number of nitrogens with one attached hydrogen (secondary N) is 1. The Kier molecular flexibility index (Phi) is 3.56. The molecule has 0 saturated heterocycles. The zero-order valence-corrected chi connectivity index (χ0v) is 13.2. The smallest absolute Gasteiger partial charge is 0.281 e. The topological polar surface area (TPSA) is 46.9 Å². The van der Waals surface area contributed by atoms with E-state index in [0.717, 1.165) is 39.8 Å². The van der Waals surface area contributed by atoms with Crippen LogP contribution in [0.25, 0.3) is 0 Å². The van der Waals surface area contributed by atoms with Crippen molar-refractivity contribution in [3.63, 3.8) is 0 Å². The summed E-state index contributed by atoms with van der Waals surface area (Å²) in [6.07, 6.45) is 2.46. The van der Waals surface area contributed by atoms with Gasteiger partial charge in [-0.2, -0.15) is 0 Å². The van der Waals surface area contributed by atoms with Gasteiger partial charge in [0.25, 0.3) is 5.91 Å². The molecule has 1 aliphatic heterocycles. The average molecular weight is 385 g/mol. The maximum absolute atomic E-state index is 12.6. The molecule has 2 aromatic heterocycles. The summed E-state index contributed by atoms with van der Waals surface area (Å²) in [4.78, 5) is 16.7. The molecule has 3 rings (SSSR count). The summed E-state index contributed by atoms with van der Waals surface area (Å²) in [5.41, 5.74) is 2.64. The highest BCUT2D eigenvalue weighted by atomic mass is 79.9. The average Bonchev–Trinajstić information content (AvgIpc) is 2.72. The molecule has 4 nitrogen and oxygen atoms in total. The fraction of sp³-hybridized carbons (Fsp3) is 0.231. The van der Waals surface area contributed by atoms with Gasteiger partial charge in [-0.15, -0.1) is 0 Å². The number of halogens is 2. The van der Waals surface area contributed by atoms with E-state index in [0.29, 0.717) is 5.69 Å². The van der Waals surface area contributed by atoms with Gasteiger partial charge in [0, 0.05) is 37.0 Å². The zero-order chi connectivity index (χ0) is 13.4. The lowest BCUT2D eigenvalue weighted by Gasteiger charge is -2.16. The first-order valence-corrected chi connectivity index (χ1v) is 7.52. The largest absolute Gasteiger partial charge is 0.312 e. The van der Waals surface area contributed by atoms with Crippen LogP contribution >= 0.6 is 31.9 Å². The highest BCUT2D eigenvalue weighted by Crippen LogP contribution is 2.34. The lowest BCUT2D eigenvalue weighted by atomic mass is 10.1. The molecular formula is C13H11Br2N3O. The molecule has 2 aromatic rings. The summed E-state index contributed by atoms with van der Waals surface area (Å²) < 4.78 is 3.42. The summed E-state index contributed by atoms with van der Waals surface area (Å²) in [6.45, 7) is 1.66. The Labute approximate surface area is 127 Å². The quantitative estimate of drug-likeness (QED) is 0.822. The Balaban J connectivity index is 2.13. The second kappa shape index (κ2) is 5.19. The maximum atomic E-state index is 12.6. The van der Waals surface area contributed by atoms with Crippen LogP contribution in [0.5, 0.6) is 0 Å². The van der Waals surface area contributed by atoms with E-state index < -0.39 is 0 Å². The first kappa shape index (κ1) is 13.0. The molecule has 1 aliphatic rings. The molecule has 98 valence electrons. The molecule has 3 heterocycles. The van der Waals surface area contributed by atoms with Crippen molar-refractivity contribution in [2.75, 3.05) is 6.54 Å². The Morgan fingerprint density at radius 1 is 1.37 bits per heavy atom. The predicted octanol–water partition coefficient (Wildman–Crippen LogP) is 2.74.